The van der Waals surface area contributed by atoms with Crippen molar-refractivity contribution in [3.8, 4) is 0 Å². The Balaban J connectivity index is 0.000000162. The van der Waals surface area contributed by atoms with Crippen molar-refractivity contribution in [2.45, 2.75) is 157 Å². The largest absolute Gasteiger partial charge is 0.461 e. The molecule has 0 heterocycles. The first-order valence-corrected chi connectivity index (χ1v) is 22.3. The fraction of sp³-hybridized carbons (Fsp3) is 0.905. The highest BCUT2D eigenvalue weighted by Gasteiger charge is 2.62. The van der Waals surface area contributed by atoms with E-state index in [0.717, 1.165) is 77.0 Å². The van der Waals surface area contributed by atoms with Gasteiger partial charge in [0.15, 0.2) is 0 Å². The summed E-state index contributed by atoms with van der Waals surface area (Å²) in [6.07, 6.45) is 16.2. The van der Waals surface area contributed by atoms with E-state index in [4.69, 9.17) is 18.9 Å². The van der Waals surface area contributed by atoms with Crippen LogP contribution in [-0.2, 0) is 28.5 Å². The van der Waals surface area contributed by atoms with Crippen molar-refractivity contribution in [1.29, 1.82) is 0 Å². The molecule has 8 nitrogen and oxygen atoms in total. The Hall–Kier alpha value is -0.520. The number of halogens is 2. The lowest BCUT2D eigenvalue weighted by Crippen LogP contribution is -2.57. The smallest absolute Gasteiger partial charge is 0.302 e. The summed E-state index contributed by atoms with van der Waals surface area (Å²) in [4.78, 5) is 23.5. The van der Waals surface area contributed by atoms with Crippen molar-refractivity contribution in [2.24, 2.45) is 64.1 Å². The number of ether oxygens (including phenoxy) is 4. The molecular weight excluding hydrogens is 792 g/mol. The summed E-state index contributed by atoms with van der Waals surface area (Å²) in [5, 5.41) is 22.2. The summed E-state index contributed by atoms with van der Waals surface area (Å²) >= 11 is 7.55. The van der Waals surface area contributed by atoms with Crippen LogP contribution in [0.15, 0.2) is 11.6 Å². The topological polar surface area (TPSA) is 112 Å². The van der Waals surface area contributed by atoms with Crippen LogP contribution in [0.3, 0.4) is 0 Å². The highest BCUT2D eigenvalue weighted by Crippen LogP contribution is 2.65. The summed E-state index contributed by atoms with van der Waals surface area (Å²) in [5.41, 5.74) is 1.92. The molecule has 8 aliphatic carbocycles. The first-order valence-electron chi connectivity index (χ1n) is 20.5. The highest BCUT2D eigenvalue weighted by atomic mass is 79.9. The molecule has 0 aromatic heterocycles. The Morgan fingerprint density at radius 2 is 1.27 bits per heavy atom. The molecule has 0 aromatic rings. The zero-order valence-corrected chi connectivity index (χ0v) is 35.4. The zero-order chi connectivity index (χ0) is 37.3. The van der Waals surface area contributed by atoms with Crippen LogP contribution in [0, 0.1) is 64.1 Å². The molecule has 2 N–H and O–H groups in total. The molecule has 294 valence electrons. The number of carbonyl (C=O) groups excluding carboxylic acids is 2. The monoisotopic (exact) mass is 854 g/mol. The predicted octanol–water partition coefficient (Wildman–Crippen LogP) is 7.78. The average Bonchev–Trinajstić information content (AvgIpc) is 3.59. The van der Waals surface area contributed by atoms with Crippen molar-refractivity contribution in [3.63, 3.8) is 0 Å². The average molecular weight is 857 g/mol. The molecule has 7 unspecified atom stereocenters. The van der Waals surface area contributed by atoms with E-state index in [9.17, 15) is 19.8 Å². The Bertz CT molecular complexity index is 1360. The van der Waals surface area contributed by atoms with Gasteiger partial charge in [0, 0.05) is 39.9 Å². The van der Waals surface area contributed by atoms with E-state index < -0.39 is 0 Å². The van der Waals surface area contributed by atoms with Gasteiger partial charge in [0.05, 0.1) is 34.1 Å². The van der Waals surface area contributed by atoms with Gasteiger partial charge in [0.25, 0.3) is 0 Å². The fourth-order valence-electron chi connectivity index (χ4n) is 14.1. The van der Waals surface area contributed by atoms with Crippen LogP contribution < -0.4 is 0 Å². The van der Waals surface area contributed by atoms with E-state index in [0.29, 0.717) is 65.0 Å². The molecule has 0 aromatic carbocycles. The Kier molecular flexibility index (Phi) is 11.8. The standard InChI is InChI=1S/C21H33BrO4.C21H31BrO4/c2*1-11(23)26-20-14-4-5-16-19(15(14)10-17(20)22)18(24)9-12-8-13(25-3)6-7-21(12,16)2/h12-20,24H,4-10H2,1-3H3;9,13-20,24H,4-8,10H2,1-3H3/t12?,13-,14-,15?,16?,17+,18-,19?,20+,21-;13-,14-,15?,16?,17+,18-,19?,20+,21-/m00/s1. The van der Waals surface area contributed by atoms with Gasteiger partial charge < -0.3 is 29.2 Å². The molecule has 7 fully saturated rings. The Labute approximate surface area is 328 Å². The molecule has 0 spiro atoms. The number of hydrogen-bond acceptors (Lipinski definition) is 8. The van der Waals surface area contributed by atoms with Crippen LogP contribution in [0.4, 0.5) is 0 Å². The maximum Gasteiger partial charge on any atom is 0.302 e. The highest BCUT2D eigenvalue weighted by molar-refractivity contribution is 9.09. The van der Waals surface area contributed by atoms with E-state index in [1.807, 2.05) is 7.11 Å². The number of hydrogen-bond donors (Lipinski definition) is 2. The summed E-state index contributed by atoms with van der Waals surface area (Å²) in [6, 6.07) is 0. The molecule has 0 radical (unpaired) electrons. The van der Waals surface area contributed by atoms with Crippen LogP contribution in [0.25, 0.3) is 0 Å². The van der Waals surface area contributed by atoms with Gasteiger partial charge in [-0.2, -0.15) is 0 Å². The number of alkyl halides is 2. The second-order valence-corrected chi connectivity index (χ2v) is 21.0. The molecule has 52 heavy (non-hydrogen) atoms. The Morgan fingerprint density at radius 1 is 0.712 bits per heavy atom. The van der Waals surface area contributed by atoms with Crippen LogP contribution in [-0.4, -0.2) is 82.6 Å². The zero-order valence-electron chi connectivity index (χ0n) is 32.2. The molecule has 0 bridgehead atoms. The van der Waals surface area contributed by atoms with E-state index in [2.05, 4.69) is 51.8 Å². The van der Waals surface area contributed by atoms with Gasteiger partial charge in [-0.15, -0.1) is 0 Å². The summed E-state index contributed by atoms with van der Waals surface area (Å²) < 4.78 is 22.6. The third kappa shape index (κ3) is 6.94. The van der Waals surface area contributed by atoms with E-state index in [-0.39, 0.29) is 57.3 Å². The van der Waals surface area contributed by atoms with E-state index in [1.165, 1.54) is 25.8 Å². The Morgan fingerprint density at radius 3 is 1.85 bits per heavy atom. The molecule has 0 amide bonds. The van der Waals surface area contributed by atoms with E-state index in [1.54, 1.807) is 7.11 Å². The van der Waals surface area contributed by atoms with Gasteiger partial charge in [-0.05, 0) is 136 Å². The van der Waals surface area contributed by atoms with Gasteiger partial charge in [0.2, 0.25) is 0 Å². The van der Waals surface area contributed by atoms with Gasteiger partial charge >= 0.3 is 11.9 Å². The first kappa shape index (κ1) is 39.7. The van der Waals surface area contributed by atoms with Crippen LogP contribution in [0.2, 0.25) is 0 Å². The van der Waals surface area contributed by atoms with Crippen molar-refractivity contribution in [1.82, 2.24) is 0 Å². The number of rotatable bonds is 4. The predicted molar refractivity (Wildman–Crippen MR) is 206 cm³/mol. The lowest BCUT2D eigenvalue weighted by molar-refractivity contribution is -0.168. The number of carbonyl (C=O) groups is 2. The first-order chi connectivity index (χ1) is 24.7. The van der Waals surface area contributed by atoms with Gasteiger partial charge in [-0.25, -0.2) is 0 Å². The summed E-state index contributed by atoms with van der Waals surface area (Å²) in [7, 11) is 3.62. The van der Waals surface area contributed by atoms with Crippen LogP contribution in [0.1, 0.15) is 111 Å². The number of methoxy groups -OCH3 is 2. The number of aliphatic hydroxyl groups is 2. The van der Waals surface area contributed by atoms with Crippen molar-refractivity contribution in [3.05, 3.63) is 11.6 Å². The van der Waals surface area contributed by atoms with Crippen molar-refractivity contribution >= 4 is 43.8 Å². The molecule has 8 aliphatic rings. The summed E-state index contributed by atoms with van der Waals surface area (Å²) in [6.45, 7) is 7.91. The van der Waals surface area contributed by atoms with E-state index >= 15 is 0 Å². The van der Waals surface area contributed by atoms with Gasteiger partial charge in [-0.1, -0.05) is 57.4 Å². The lowest BCUT2D eigenvalue weighted by Gasteiger charge is -2.60. The normalized spacial score (nSPS) is 51.8. The fourth-order valence-corrected chi connectivity index (χ4v) is 16.0. The maximum atomic E-state index is 11.6. The second-order valence-electron chi connectivity index (χ2n) is 18.7. The third-order valence-corrected chi connectivity index (χ3v) is 18.3. The molecular formula is C42H64Br2O8. The quantitative estimate of drug-likeness (QED) is 0.168. The number of aliphatic hydroxyl groups excluding tert-OH is 2. The SMILES string of the molecule is CO[C@H]1CC[C@@]2(C)C(=C[C@H](O)C3C4C[C@@H](Br)[C@H](OC(C)=O)[C@H]4CCC32)C1.CO[C@H]1CC[C@@]2(C)C(C1)C[C@H](O)C1C3C[C@@H](Br)[C@H](OC(C)=O)[C@H]3CCC12. The third-order valence-electron chi connectivity index (χ3n) is 16.5. The minimum absolute atomic E-state index is 0.0274. The molecule has 8 rings (SSSR count). The molecule has 10 heteroatoms. The second kappa shape index (κ2) is 15.4. The molecule has 0 saturated heterocycles. The van der Waals surface area contributed by atoms with Gasteiger partial charge in [0.1, 0.15) is 12.2 Å². The number of esters is 2. The molecule has 19 atom stereocenters. The van der Waals surface area contributed by atoms with Crippen LogP contribution in [0.5, 0.6) is 0 Å². The minimum atomic E-state index is -0.387. The molecule has 7 saturated carbocycles. The van der Waals surface area contributed by atoms with Crippen LogP contribution >= 0.6 is 31.9 Å². The molecule has 0 aliphatic heterocycles. The van der Waals surface area contributed by atoms with Gasteiger partial charge in [-0.3, -0.25) is 9.59 Å². The maximum absolute atomic E-state index is 11.6. The lowest BCUT2D eigenvalue weighted by atomic mass is 9.46. The minimum Gasteiger partial charge on any atom is -0.461 e. The number of fused-ring (bicyclic) bond motifs is 10. The van der Waals surface area contributed by atoms with Crippen molar-refractivity contribution in [2.75, 3.05) is 14.2 Å². The van der Waals surface area contributed by atoms with Crippen molar-refractivity contribution < 1.29 is 38.7 Å². The summed E-state index contributed by atoms with van der Waals surface area (Å²) in [5.74, 6) is 3.59.